The molecule has 1 unspecified atom stereocenters. The summed E-state index contributed by atoms with van der Waals surface area (Å²) < 4.78 is 5.83. The first-order valence-electron chi connectivity index (χ1n) is 8.40. The molecule has 0 aliphatic heterocycles. The Balaban J connectivity index is 1.85. The van der Waals surface area contributed by atoms with Crippen molar-refractivity contribution < 1.29 is 9.53 Å². The molecule has 24 heavy (non-hydrogen) atoms. The fraction of sp³-hybridized carbons (Fsp3) is 0.350. The molecule has 0 spiro atoms. The van der Waals surface area contributed by atoms with Gasteiger partial charge in [0.1, 0.15) is 11.5 Å². The van der Waals surface area contributed by atoms with Crippen LogP contribution in [0.2, 0.25) is 0 Å². The molecular formula is C20H24NO3-. The van der Waals surface area contributed by atoms with Crippen molar-refractivity contribution in [1.82, 2.24) is 5.06 Å². The molecule has 128 valence electrons. The van der Waals surface area contributed by atoms with E-state index in [0.29, 0.717) is 11.5 Å². The van der Waals surface area contributed by atoms with Gasteiger partial charge in [0.25, 0.3) is 0 Å². The van der Waals surface area contributed by atoms with Crippen LogP contribution < -0.4 is 4.74 Å². The van der Waals surface area contributed by atoms with Crippen LogP contribution in [0, 0.1) is 11.1 Å². The molecule has 1 amide bonds. The summed E-state index contributed by atoms with van der Waals surface area (Å²) in [5.74, 6) is 1.06. The van der Waals surface area contributed by atoms with Crippen LogP contribution in [0.5, 0.6) is 11.5 Å². The van der Waals surface area contributed by atoms with Crippen molar-refractivity contribution in [2.75, 3.05) is 6.54 Å². The molecule has 2 aromatic carbocycles. The van der Waals surface area contributed by atoms with E-state index in [0.717, 1.165) is 29.9 Å². The Bertz CT molecular complexity index is 642. The topological polar surface area (TPSA) is 52.6 Å². The summed E-state index contributed by atoms with van der Waals surface area (Å²) in [7, 11) is 0. The number of nitrogens with zero attached hydrogens (tertiary/aromatic N) is 1. The van der Waals surface area contributed by atoms with E-state index in [1.807, 2.05) is 55.5 Å². The Kier molecular flexibility index (Phi) is 6.82. The zero-order valence-corrected chi connectivity index (χ0v) is 14.3. The first kappa shape index (κ1) is 18.0. The van der Waals surface area contributed by atoms with Gasteiger partial charge >= 0.3 is 0 Å². The van der Waals surface area contributed by atoms with Gasteiger partial charge in [-0.1, -0.05) is 37.3 Å². The molecule has 0 aliphatic carbocycles. The summed E-state index contributed by atoms with van der Waals surface area (Å²) in [6.45, 7) is 3.72. The Labute approximate surface area is 143 Å². The molecule has 0 bridgehead atoms. The lowest BCUT2D eigenvalue weighted by Gasteiger charge is -2.29. The number of carbonyl (C=O) groups is 1. The van der Waals surface area contributed by atoms with Crippen molar-refractivity contribution in [3.63, 3.8) is 0 Å². The van der Waals surface area contributed by atoms with E-state index >= 15 is 0 Å². The number of benzene rings is 2. The van der Waals surface area contributed by atoms with Crippen LogP contribution in [0.1, 0.15) is 32.3 Å². The van der Waals surface area contributed by atoms with Crippen molar-refractivity contribution in [2.24, 2.45) is 5.92 Å². The third kappa shape index (κ3) is 5.39. The van der Waals surface area contributed by atoms with Crippen molar-refractivity contribution in [3.8, 4) is 11.5 Å². The Morgan fingerprint density at radius 2 is 1.83 bits per heavy atom. The molecule has 0 saturated carbocycles. The average Bonchev–Trinajstić information content (AvgIpc) is 2.61. The minimum Gasteiger partial charge on any atom is -0.756 e. The number of rotatable bonds is 8. The van der Waals surface area contributed by atoms with Gasteiger partial charge in [0.2, 0.25) is 5.91 Å². The third-order valence-electron chi connectivity index (χ3n) is 3.93. The van der Waals surface area contributed by atoms with Gasteiger partial charge in [-0.3, -0.25) is 4.79 Å². The molecule has 0 aliphatic rings. The highest BCUT2D eigenvalue weighted by Gasteiger charge is 2.13. The largest absolute Gasteiger partial charge is 0.756 e. The maximum Gasteiger partial charge on any atom is 0.214 e. The summed E-state index contributed by atoms with van der Waals surface area (Å²) in [5.41, 5.74) is 1.16. The summed E-state index contributed by atoms with van der Waals surface area (Å²) >= 11 is 0. The van der Waals surface area contributed by atoms with E-state index in [1.165, 1.54) is 0 Å². The minimum atomic E-state index is -0.321. The highest BCUT2D eigenvalue weighted by Crippen LogP contribution is 2.23. The zero-order valence-electron chi connectivity index (χ0n) is 14.3. The van der Waals surface area contributed by atoms with Crippen LogP contribution in [0.25, 0.3) is 0 Å². The van der Waals surface area contributed by atoms with Crippen molar-refractivity contribution in [1.29, 1.82) is 0 Å². The van der Waals surface area contributed by atoms with Crippen molar-refractivity contribution in [3.05, 3.63) is 65.4 Å². The molecule has 0 radical (unpaired) electrons. The lowest BCUT2D eigenvalue weighted by Crippen LogP contribution is -2.29. The normalized spacial score (nSPS) is 11.8. The predicted molar refractivity (Wildman–Crippen MR) is 95.8 cm³/mol. The van der Waals surface area contributed by atoms with E-state index in [9.17, 15) is 10.0 Å². The summed E-state index contributed by atoms with van der Waals surface area (Å²) in [4.78, 5) is 11.8. The molecule has 4 heteroatoms. The van der Waals surface area contributed by atoms with Crippen LogP contribution >= 0.6 is 0 Å². The molecular weight excluding hydrogens is 302 g/mol. The number of carbonyl (C=O) groups excluding carboxylic acids is 1. The Morgan fingerprint density at radius 3 is 2.54 bits per heavy atom. The van der Waals surface area contributed by atoms with Crippen molar-refractivity contribution in [2.45, 2.75) is 33.1 Å². The highest BCUT2D eigenvalue weighted by molar-refractivity contribution is 5.78. The number of aryl methyl sites for hydroxylation is 1. The van der Waals surface area contributed by atoms with E-state index in [-0.39, 0.29) is 18.4 Å². The Hall–Kier alpha value is -2.33. The number of hydrogen-bond donors (Lipinski definition) is 0. The van der Waals surface area contributed by atoms with Crippen LogP contribution in [0.4, 0.5) is 0 Å². The molecule has 4 nitrogen and oxygen atoms in total. The zero-order chi connectivity index (χ0) is 17.4. The molecule has 2 rings (SSSR count). The van der Waals surface area contributed by atoms with E-state index < -0.39 is 0 Å². The van der Waals surface area contributed by atoms with Crippen LogP contribution in [0.15, 0.2) is 54.6 Å². The average molecular weight is 326 g/mol. The summed E-state index contributed by atoms with van der Waals surface area (Å²) in [6, 6.07) is 17.6. The van der Waals surface area contributed by atoms with Gasteiger partial charge < -0.3 is 15.0 Å². The number of hydrogen-bond acceptors (Lipinski definition) is 3. The molecule has 0 N–H and O–H groups in total. The number of ether oxygens (including phenoxy) is 1. The van der Waals surface area contributed by atoms with E-state index in [1.54, 1.807) is 6.92 Å². The predicted octanol–water partition coefficient (Wildman–Crippen LogP) is 4.78. The molecule has 2 aromatic rings. The molecule has 0 saturated heterocycles. The number of hydroxylamine groups is 2. The van der Waals surface area contributed by atoms with E-state index in [2.05, 4.69) is 6.07 Å². The second-order valence-electron chi connectivity index (χ2n) is 5.89. The van der Waals surface area contributed by atoms with Gasteiger partial charge in [-0.2, -0.15) is 0 Å². The quantitative estimate of drug-likeness (QED) is 0.656. The number of para-hydroxylation sites is 1. The van der Waals surface area contributed by atoms with Gasteiger partial charge in [-0.15, -0.1) is 0 Å². The molecule has 0 aromatic heterocycles. The van der Waals surface area contributed by atoms with Crippen LogP contribution in [-0.2, 0) is 11.2 Å². The third-order valence-corrected chi connectivity index (χ3v) is 3.93. The highest BCUT2D eigenvalue weighted by atomic mass is 16.5. The fourth-order valence-electron chi connectivity index (χ4n) is 2.53. The van der Waals surface area contributed by atoms with Crippen LogP contribution in [0.3, 0.4) is 0 Å². The first-order valence-corrected chi connectivity index (χ1v) is 8.40. The van der Waals surface area contributed by atoms with Gasteiger partial charge in [-0.25, -0.2) is 0 Å². The second kappa shape index (κ2) is 9.08. The fourth-order valence-corrected chi connectivity index (χ4v) is 2.53. The number of amides is 1. The Morgan fingerprint density at radius 1 is 1.12 bits per heavy atom. The lowest BCUT2D eigenvalue weighted by atomic mass is 10.00. The molecule has 0 fully saturated rings. The lowest BCUT2D eigenvalue weighted by molar-refractivity contribution is -0.132. The minimum absolute atomic E-state index is 0.210. The molecule has 0 heterocycles. The monoisotopic (exact) mass is 326 g/mol. The standard InChI is InChI=1S/C20H24NO3/c1-3-21(23)20(22)16(2)9-7-10-17-11-8-14-19(15-17)24-18-12-5-4-6-13-18/h4-6,8,11-16H,3,7,9-10H2,1-2H3/q-1. The molecule has 1 atom stereocenters. The summed E-state index contributed by atoms with van der Waals surface area (Å²) in [5, 5.41) is 11.9. The van der Waals surface area contributed by atoms with Gasteiger partial charge in [0.05, 0.1) is 0 Å². The van der Waals surface area contributed by atoms with Gasteiger partial charge in [0.15, 0.2) is 0 Å². The van der Waals surface area contributed by atoms with Gasteiger partial charge in [0, 0.05) is 12.5 Å². The second-order valence-corrected chi connectivity index (χ2v) is 5.89. The summed E-state index contributed by atoms with van der Waals surface area (Å²) in [6.07, 6.45) is 2.43. The smallest absolute Gasteiger partial charge is 0.214 e. The maximum atomic E-state index is 11.8. The first-order chi connectivity index (χ1) is 11.6. The van der Waals surface area contributed by atoms with Gasteiger partial charge in [-0.05, 0) is 56.0 Å². The SMILES string of the molecule is CCN([O-])C(=O)C(C)CCCc1cccc(Oc2ccccc2)c1. The van der Waals surface area contributed by atoms with Crippen molar-refractivity contribution >= 4 is 5.91 Å². The van der Waals surface area contributed by atoms with E-state index in [4.69, 9.17) is 4.74 Å². The van der Waals surface area contributed by atoms with Crippen LogP contribution in [-0.4, -0.2) is 17.5 Å². The maximum absolute atomic E-state index is 11.8.